The van der Waals surface area contributed by atoms with Gasteiger partial charge in [-0.1, -0.05) is 61.6 Å². The number of fused-ring (bicyclic) bond motifs is 1. The first kappa shape index (κ1) is 21.6. The molecule has 30 heavy (non-hydrogen) atoms. The Balaban J connectivity index is 2.09. The topological polar surface area (TPSA) is 46.6 Å². The first-order valence-corrected chi connectivity index (χ1v) is 10.4. The van der Waals surface area contributed by atoms with E-state index in [2.05, 4.69) is 11.8 Å². The van der Waals surface area contributed by atoms with Gasteiger partial charge < -0.3 is 4.74 Å². The number of ether oxygens (including phenoxy) is 1. The zero-order chi connectivity index (χ0) is 21.9. The van der Waals surface area contributed by atoms with Crippen molar-refractivity contribution in [3.8, 4) is 11.8 Å². The Bertz CT molecular complexity index is 994. The molecule has 0 fully saturated rings. The van der Waals surface area contributed by atoms with Crippen LogP contribution < -0.4 is 4.90 Å². The molecule has 0 bridgehead atoms. The molecule has 156 valence electrons. The van der Waals surface area contributed by atoms with Gasteiger partial charge in [0.05, 0.1) is 11.1 Å². The quantitative estimate of drug-likeness (QED) is 0.618. The molecular weight excluding hydrogens is 374 g/mol. The highest BCUT2D eigenvalue weighted by Gasteiger charge is 2.55. The highest BCUT2D eigenvalue weighted by Crippen LogP contribution is 2.49. The van der Waals surface area contributed by atoms with Crippen LogP contribution in [-0.4, -0.2) is 17.6 Å². The van der Waals surface area contributed by atoms with E-state index >= 15 is 0 Å². The molecule has 4 heteroatoms. The highest BCUT2D eigenvalue weighted by atomic mass is 16.6. The maximum atomic E-state index is 13.8. The number of para-hydroxylation sites is 1. The summed E-state index contributed by atoms with van der Waals surface area (Å²) in [6.45, 7) is 9.41. The molecule has 0 N–H and O–H groups in total. The molecule has 2 aromatic rings. The van der Waals surface area contributed by atoms with Gasteiger partial charge in [-0.25, -0.2) is 9.69 Å². The lowest BCUT2D eigenvalue weighted by Gasteiger charge is -2.32. The summed E-state index contributed by atoms with van der Waals surface area (Å²) in [5, 5.41) is 0. The predicted molar refractivity (Wildman–Crippen MR) is 119 cm³/mol. The number of hydrogen-bond acceptors (Lipinski definition) is 3. The lowest BCUT2D eigenvalue weighted by atomic mass is 9.69. The number of carbonyl (C=O) groups excluding carboxylic acids is 2. The molecule has 1 heterocycles. The average Bonchev–Trinajstić information content (AvgIpc) is 2.95. The number of carbonyl (C=O) groups is 2. The van der Waals surface area contributed by atoms with Crippen LogP contribution in [0.25, 0.3) is 0 Å². The van der Waals surface area contributed by atoms with E-state index < -0.39 is 17.1 Å². The number of nitrogens with zero attached hydrogens (tertiary/aromatic N) is 1. The van der Waals surface area contributed by atoms with Gasteiger partial charge in [-0.3, -0.25) is 4.79 Å². The van der Waals surface area contributed by atoms with Crippen LogP contribution in [-0.2, 0) is 14.9 Å². The van der Waals surface area contributed by atoms with Crippen LogP contribution in [0.2, 0.25) is 0 Å². The van der Waals surface area contributed by atoms with Gasteiger partial charge in [-0.2, -0.15) is 0 Å². The molecule has 0 spiro atoms. The van der Waals surface area contributed by atoms with Gasteiger partial charge in [0, 0.05) is 11.5 Å². The number of anilines is 1. The van der Waals surface area contributed by atoms with Crippen molar-refractivity contribution in [2.45, 2.75) is 58.5 Å². The van der Waals surface area contributed by atoms with Crippen molar-refractivity contribution in [2.75, 3.05) is 4.90 Å². The van der Waals surface area contributed by atoms with Crippen molar-refractivity contribution >= 4 is 17.7 Å². The van der Waals surface area contributed by atoms with Gasteiger partial charge >= 0.3 is 6.09 Å². The van der Waals surface area contributed by atoms with Crippen molar-refractivity contribution in [1.29, 1.82) is 0 Å². The van der Waals surface area contributed by atoms with E-state index in [1.165, 1.54) is 4.90 Å². The summed E-state index contributed by atoms with van der Waals surface area (Å²) >= 11 is 0. The molecule has 1 aliphatic rings. The monoisotopic (exact) mass is 403 g/mol. The van der Waals surface area contributed by atoms with E-state index in [9.17, 15) is 9.59 Å². The van der Waals surface area contributed by atoms with Crippen molar-refractivity contribution in [3.05, 3.63) is 65.7 Å². The van der Waals surface area contributed by atoms with Crippen LogP contribution in [0.15, 0.2) is 54.6 Å². The van der Waals surface area contributed by atoms with Gasteiger partial charge in [0.15, 0.2) is 0 Å². The smallest absolute Gasteiger partial charge is 0.421 e. The minimum absolute atomic E-state index is 0.255. The van der Waals surface area contributed by atoms with Gasteiger partial charge in [0.1, 0.15) is 5.60 Å². The fourth-order valence-electron chi connectivity index (χ4n) is 4.07. The maximum Gasteiger partial charge on any atom is 0.421 e. The Morgan fingerprint density at radius 2 is 1.73 bits per heavy atom. The molecule has 0 saturated heterocycles. The second-order valence-corrected chi connectivity index (χ2v) is 8.72. The maximum absolute atomic E-state index is 13.8. The van der Waals surface area contributed by atoms with Crippen LogP contribution in [0.3, 0.4) is 0 Å². The lowest BCUT2D eigenvalue weighted by Crippen LogP contribution is -2.48. The molecule has 0 aromatic heterocycles. The number of rotatable bonds is 3. The first-order chi connectivity index (χ1) is 14.2. The third-order valence-electron chi connectivity index (χ3n) is 5.38. The fourth-order valence-corrected chi connectivity index (χ4v) is 4.07. The predicted octanol–water partition coefficient (Wildman–Crippen LogP) is 5.69. The molecule has 2 aromatic carbocycles. The van der Waals surface area contributed by atoms with E-state index in [0.29, 0.717) is 12.1 Å². The van der Waals surface area contributed by atoms with Crippen LogP contribution in [0.5, 0.6) is 0 Å². The minimum Gasteiger partial charge on any atom is -0.443 e. The van der Waals surface area contributed by atoms with Gasteiger partial charge in [0.25, 0.3) is 0 Å². The first-order valence-electron chi connectivity index (χ1n) is 10.4. The van der Waals surface area contributed by atoms with Gasteiger partial charge in [-0.15, -0.1) is 0 Å². The van der Waals surface area contributed by atoms with Crippen molar-refractivity contribution in [3.63, 3.8) is 0 Å². The molecular formula is C26H29NO3. The van der Waals surface area contributed by atoms with E-state index in [0.717, 1.165) is 17.5 Å². The molecule has 2 amide bonds. The Kier molecular flexibility index (Phi) is 6.03. The van der Waals surface area contributed by atoms with E-state index in [-0.39, 0.29) is 11.8 Å². The Morgan fingerprint density at radius 1 is 1.10 bits per heavy atom. The fraction of sp³-hybridized carbons (Fsp3) is 0.385. The van der Waals surface area contributed by atoms with E-state index in [4.69, 9.17) is 4.74 Å². The zero-order valence-corrected chi connectivity index (χ0v) is 18.4. The summed E-state index contributed by atoms with van der Waals surface area (Å²) in [6.07, 6.45) is 0.757. The number of benzene rings is 2. The second kappa shape index (κ2) is 8.36. The van der Waals surface area contributed by atoms with E-state index in [1.54, 1.807) is 20.8 Å². The summed E-state index contributed by atoms with van der Waals surface area (Å²) in [5.41, 5.74) is 0.764. The van der Waals surface area contributed by atoms with E-state index in [1.807, 2.05) is 68.4 Å². The highest BCUT2D eigenvalue weighted by molar-refractivity contribution is 6.21. The van der Waals surface area contributed by atoms with Gasteiger partial charge in [0.2, 0.25) is 5.91 Å². The Hall–Kier alpha value is -3.06. The Morgan fingerprint density at radius 3 is 2.37 bits per heavy atom. The molecule has 0 radical (unpaired) electrons. The van der Waals surface area contributed by atoms with Crippen LogP contribution in [0.4, 0.5) is 10.5 Å². The van der Waals surface area contributed by atoms with Crippen molar-refractivity contribution < 1.29 is 14.3 Å². The minimum atomic E-state index is -0.885. The summed E-state index contributed by atoms with van der Waals surface area (Å²) in [7, 11) is 0. The SMILES string of the molecule is CCC[C@]1([C@@H](C)C#Cc2ccccc2)C(=O)N(C(=O)OC(C)(C)C)c2ccccc21. The molecule has 4 nitrogen and oxygen atoms in total. The van der Waals surface area contributed by atoms with Gasteiger partial charge in [-0.05, 0) is 57.9 Å². The molecule has 2 atom stereocenters. The van der Waals surface area contributed by atoms with Crippen molar-refractivity contribution in [2.24, 2.45) is 5.92 Å². The largest absolute Gasteiger partial charge is 0.443 e. The van der Waals surface area contributed by atoms with Crippen molar-refractivity contribution in [1.82, 2.24) is 0 Å². The lowest BCUT2D eigenvalue weighted by molar-refractivity contribution is -0.124. The molecule has 3 rings (SSSR count). The third-order valence-corrected chi connectivity index (χ3v) is 5.38. The molecule has 0 saturated carbocycles. The summed E-state index contributed by atoms with van der Waals surface area (Å²) in [4.78, 5) is 28.0. The normalized spacial score (nSPS) is 19.0. The summed E-state index contributed by atoms with van der Waals surface area (Å²) in [5.74, 6) is 5.96. The van der Waals surface area contributed by atoms with Crippen LogP contribution in [0, 0.1) is 17.8 Å². The third kappa shape index (κ3) is 3.98. The molecule has 0 unspecified atom stereocenters. The standard InChI is InChI=1S/C26H29NO3/c1-6-18-26(19(2)16-17-20-12-8-7-9-13-20)21-14-10-11-15-22(21)27(23(26)28)24(29)30-25(3,4)5/h7-15,19H,6,18H2,1-5H3/t19-,26+/m0/s1. The van der Waals surface area contributed by atoms with Crippen LogP contribution in [0.1, 0.15) is 58.6 Å². The zero-order valence-electron chi connectivity index (χ0n) is 18.4. The summed E-state index contributed by atoms with van der Waals surface area (Å²) < 4.78 is 5.56. The number of hydrogen-bond donors (Lipinski definition) is 0. The molecule has 1 aliphatic heterocycles. The van der Waals surface area contributed by atoms with Crippen LogP contribution >= 0.6 is 0 Å². The Labute approximate surface area is 179 Å². The second-order valence-electron chi connectivity index (χ2n) is 8.72. The average molecular weight is 404 g/mol. The number of imide groups is 1. The summed E-state index contributed by atoms with van der Waals surface area (Å²) in [6, 6.07) is 17.2. The molecule has 0 aliphatic carbocycles. The number of amides is 2.